The highest BCUT2D eigenvalue weighted by Gasteiger charge is 2.28. The lowest BCUT2D eigenvalue weighted by Gasteiger charge is -2.25. The van der Waals surface area contributed by atoms with E-state index in [2.05, 4.69) is 40.1 Å². The fraction of sp³-hybridized carbons (Fsp3) is 0.360. The van der Waals surface area contributed by atoms with Crippen LogP contribution >= 0.6 is 11.6 Å². The van der Waals surface area contributed by atoms with Gasteiger partial charge in [-0.05, 0) is 37.6 Å². The number of hydrogen-bond acceptors (Lipinski definition) is 5. The summed E-state index contributed by atoms with van der Waals surface area (Å²) in [6, 6.07) is 16.5. The van der Waals surface area contributed by atoms with E-state index >= 15 is 0 Å². The Labute approximate surface area is 188 Å². The van der Waals surface area contributed by atoms with Crippen LogP contribution in [-0.4, -0.2) is 35.1 Å². The molecule has 2 aromatic carbocycles. The van der Waals surface area contributed by atoms with Crippen LogP contribution in [0.25, 0.3) is 11.1 Å². The average molecular weight is 435 g/mol. The van der Waals surface area contributed by atoms with Gasteiger partial charge in [-0.25, -0.2) is 4.98 Å². The zero-order chi connectivity index (χ0) is 21.2. The third kappa shape index (κ3) is 4.12. The molecule has 1 fully saturated rings. The van der Waals surface area contributed by atoms with Gasteiger partial charge >= 0.3 is 0 Å². The number of aromatic nitrogens is 2. The molecule has 0 unspecified atom stereocenters. The van der Waals surface area contributed by atoms with E-state index < -0.39 is 0 Å². The molecule has 2 aliphatic rings. The molecule has 0 saturated carbocycles. The van der Waals surface area contributed by atoms with Crippen molar-refractivity contribution < 1.29 is 4.74 Å². The second-order valence-corrected chi connectivity index (χ2v) is 8.65. The molecule has 5 nitrogen and oxygen atoms in total. The van der Waals surface area contributed by atoms with E-state index in [1.807, 2.05) is 18.2 Å². The molecule has 1 saturated heterocycles. The first-order valence-electron chi connectivity index (χ1n) is 11.0. The Morgan fingerprint density at radius 3 is 2.52 bits per heavy atom. The number of piperidine rings is 1. The molecule has 3 aromatic rings. The molecular weight excluding hydrogens is 408 g/mol. The number of hydrogen-bond donors (Lipinski definition) is 0. The Balaban J connectivity index is 1.42. The van der Waals surface area contributed by atoms with Gasteiger partial charge < -0.3 is 9.64 Å². The molecule has 0 spiro atoms. The summed E-state index contributed by atoms with van der Waals surface area (Å²) >= 11 is 6.88. The van der Waals surface area contributed by atoms with Crippen LogP contribution in [0.1, 0.15) is 36.3 Å². The van der Waals surface area contributed by atoms with Gasteiger partial charge in [0, 0.05) is 5.56 Å². The maximum atomic E-state index is 6.88. The van der Waals surface area contributed by atoms with E-state index in [-0.39, 0.29) is 0 Å². The van der Waals surface area contributed by atoms with Crippen molar-refractivity contribution in [1.82, 2.24) is 14.9 Å². The lowest BCUT2D eigenvalue weighted by Crippen LogP contribution is -2.30. The number of benzene rings is 2. The van der Waals surface area contributed by atoms with Gasteiger partial charge in [0.1, 0.15) is 5.82 Å². The maximum absolute atomic E-state index is 6.88. The van der Waals surface area contributed by atoms with E-state index in [4.69, 9.17) is 26.3 Å². The number of halogens is 1. The highest BCUT2D eigenvalue weighted by molar-refractivity contribution is 6.36. The summed E-state index contributed by atoms with van der Waals surface area (Å²) in [6.07, 6.45) is 3.83. The third-order valence-electron chi connectivity index (χ3n) is 6.20. The van der Waals surface area contributed by atoms with Crippen molar-refractivity contribution in [3.05, 3.63) is 70.6 Å². The van der Waals surface area contributed by atoms with Gasteiger partial charge in [-0.15, -0.1) is 0 Å². The minimum atomic E-state index is 0.690. The van der Waals surface area contributed by atoms with Crippen LogP contribution in [0.5, 0.6) is 5.88 Å². The summed E-state index contributed by atoms with van der Waals surface area (Å²) in [5, 5.41) is 0.766. The van der Waals surface area contributed by atoms with Crippen LogP contribution in [0.2, 0.25) is 5.02 Å². The van der Waals surface area contributed by atoms with Gasteiger partial charge in [0.05, 0.1) is 48.7 Å². The van der Waals surface area contributed by atoms with Crippen molar-refractivity contribution in [2.45, 2.75) is 38.9 Å². The van der Waals surface area contributed by atoms with E-state index in [9.17, 15) is 0 Å². The quantitative estimate of drug-likeness (QED) is 0.544. The van der Waals surface area contributed by atoms with E-state index in [1.54, 1.807) is 7.11 Å². The summed E-state index contributed by atoms with van der Waals surface area (Å²) in [4.78, 5) is 14.4. The van der Waals surface area contributed by atoms with Gasteiger partial charge in [-0.1, -0.05) is 60.5 Å². The van der Waals surface area contributed by atoms with Gasteiger partial charge in [0.15, 0.2) is 0 Å². The van der Waals surface area contributed by atoms with Crippen molar-refractivity contribution in [2.75, 3.05) is 25.1 Å². The van der Waals surface area contributed by atoms with E-state index in [1.165, 1.54) is 19.3 Å². The van der Waals surface area contributed by atoms with Gasteiger partial charge in [0.2, 0.25) is 5.88 Å². The predicted octanol–water partition coefficient (Wildman–Crippen LogP) is 5.31. The Hall–Kier alpha value is -2.63. The predicted molar refractivity (Wildman–Crippen MR) is 124 cm³/mol. The molecular formula is C25H27ClN4O. The Morgan fingerprint density at radius 1 is 0.935 bits per heavy atom. The maximum Gasteiger partial charge on any atom is 0.221 e. The summed E-state index contributed by atoms with van der Waals surface area (Å²) in [5.74, 6) is 1.54. The van der Waals surface area contributed by atoms with Crippen molar-refractivity contribution in [2.24, 2.45) is 0 Å². The molecule has 160 valence electrons. The standard InChI is InChI=1S/C25H27ClN4O/c1-31-25-20-15-30(16-21(20)27-23(28-25)17-29-13-6-3-7-14-29)22-12-8-11-19(24(22)26)18-9-4-2-5-10-18/h2,4-5,8-12H,3,6-7,13-17H2,1H3. The van der Waals surface area contributed by atoms with Gasteiger partial charge in [-0.3, -0.25) is 4.90 Å². The second kappa shape index (κ2) is 8.85. The molecule has 3 heterocycles. The zero-order valence-electron chi connectivity index (χ0n) is 17.9. The first kappa shape index (κ1) is 20.3. The normalized spacial score (nSPS) is 16.4. The largest absolute Gasteiger partial charge is 0.481 e. The number of likely N-dealkylation sites (tertiary alicyclic amines) is 1. The lowest BCUT2D eigenvalue weighted by molar-refractivity contribution is 0.214. The fourth-order valence-electron chi connectivity index (χ4n) is 4.61. The van der Waals surface area contributed by atoms with E-state index in [0.717, 1.165) is 58.6 Å². The molecule has 1 aromatic heterocycles. The number of fused-ring (bicyclic) bond motifs is 1. The second-order valence-electron chi connectivity index (χ2n) is 8.27. The molecule has 0 atom stereocenters. The van der Waals surface area contributed by atoms with Crippen molar-refractivity contribution >= 4 is 17.3 Å². The van der Waals surface area contributed by atoms with Crippen molar-refractivity contribution in [3.63, 3.8) is 0 Å². The smallest absolute Gasteiger partial charge is 0.221 e. The molecule has 6 heteroatoms. The number of ether oxygens (including phenoxy) is 1. The molecule has 31 heavy (non-hydrogen) atoms. The molecule has 0 aliphatic carbocycles. The van der Waals surface area contributed by atoms with Crippen LogP contribution < -0.4 is 9.64 Å². The Bertz CT molecular complexity index is 1070. The first-order chi connectivity index (χ1) is 15.2. The Kier molecular flexibility index (Phi) is 5.79. The molecule has 0 bridgehead atoms. The van der Waals surface area contributed by atoms with Gasteiger partial charge in [-0.2, -0.15) is 4.98 Å². The molecule has 2 aliphatic heterocycles. The number of rotatable bonds is 5. The van der Waals surface area contributed by atoms with Crippen LogP contribution in [0.4, 0.5) is 5.69 Å². The monoisotopic (exact) mass is 434 g/mol. The molecule has 5 rings (SSSR count). The van der Waals surface area contributed by atoms with Gasteiger partial charge in [0.25, 0.3) is 0 Å². The minimum Gasteiger partial charge on any atom is -0.481 e. The van der Waals surface area contributed by atoms with Crippen LogP contribution in [0.3, 0.4) is 0 Å². The fourth-order valence-corrected chi connectivity index (χ4v) is 4.96. The lowest BCUT2D eigenvalue weighted by atomic mass is 10.0. The SMILES string of the molecule is COc1nc(CN2CCCCC2)nc2c1CN(c1cccc(-c3ccccc3)c1Cl)C2. The molecule has 0 N–H and O–H groups in total. The van der Waals surface area contributed by atoms with Crippen LogP contribution in [0.15, 0.2) is 48.5 Å². The highest BCUT2D eigenvalue weighted by atomic mass is 35.5. The molecule has 0 amide bonds. The number of methoxy groups -OCH3 is 1. The van der Waals surface area contributed by atoms with Crippen molar-refractivity contribution in [1.29, 1.82) is 0 Å². The highest BCUT2D eigenvalue weighted by Crippen LogP contribution is 2.40. The topological polar surface area (TPSA) is 41.5 Å². The summed E-state index contributed by atoms with van der Waals surface area (Å²) in [6.45, 7) is 4.43. The molecule has 0 radical (unpaired) electrons. The zero-order valence-corrected chi connectivity index (χ0v) is 18.6. The van der Waals surface area contributed by atoms with Crippen LogP contribution in [-0.2, 0) is 19.6 Å². The van der Waals surface area contributed by atoms with Crippen LogP contribution in [0, 0.1) is 0 Å². The Morgan fingerprint density at radius 2 is 1.74 bits per heavy atom. The summed E-state index contributed by atoms with van der Waals surface area (Å²) in [7, 11) is 1.69. The summed E-state index contributed by atoms with van der Waals surface area (Å²) in [5.41, 5.74) is 5.28. The average Bonchev–Trinajstić information content (AvgIpc) is 3.24. The minimum absolute atomic E-state index is 0.690. The first-order valence-corrected chi connectivity index (χ1v) is 11.3. The van der Waals surface area contributed by atoms with E-state index in [0.29, 0.717) is 19.0 Å². The number of anilines is 1. The van der Waals surface area contributed by atoms with Crippen molar-refractivity contribution in [3.8, 4) is 17.0 Å². The summed E-state index contributed by atoms with van der Waals surface area (Å²) < 4.78 is 5.67. The third-order valence-corrected chi connectivity index (χ3v) is 6.60. The number of nitrogens with zero attached hydrogens (tertiary/aromatic N) is 4.